The quantitative estimate of drug-likeness (QED) is 0.805. The van der Waals surface area contributed by atoms with Gasteiger partial charge in [0.15, 0.2) is 0 Å². The van der Waals surface area contributed by atoms with E-state index in [0.717, 1.165) is 24.0 Å². The zero-order chi connectivity index (χ0) is 10.7. The predicted molar refractivity (Wildman–Crippen MR) is 65.3 cm³/mol. The molecule has 1 saturated carbocycles. The molecule has 1 nitrogen and oxygen atoms in total. The van der Waals surface area contributed by atoms with Gasteiger partial charge in [-0.2, -0.15) is 0 Å². The van der Waals surface area contributed by atoms with E-state index in [1.807, 2.05) is 6.07 Å². The van der Waals surface area contributed by atoms with Gasteiger partial charge >= 0.3 is 0 Å². The van der Waals surface area contributed by atoms with E-state index >= 15 is 0 Å². The van der Waals surface area contributed by atoms with Crippen LogP contribution in [0.3, 0.4) is 0 Å². The van der Waals surface area contributed by atoms with Crippen molar-refractivity contribution in [3.8, 4) is 0 Å². The van der Waals surface area contributed by atoms with Gasteiger partial charge in [-0.15, -0.1) is 0 Å². The number of rotatable bonds is 5. The van der Waals surface area contributed by atoms with Gasteiger partial charge in [-0.1, -0.05) is 37.1 Å². The van der Waals surface area contributed by atoms with Gasteiger partial charge in [0.1, 0.15) is 0 Å². The van der Waals surface area contributed by atoms with E-state index in [4.69, 9.17) is 11.6 Å². The van der Waals surface area contributed by atoms with Crippen LogP contribution in [-0.2, 0) is 13.0 Å². The second-order valence-corrected chi connectivity index (χ2v) is 4.74. The molecule has 0 spiro atoms. The van der Waals surface area contributed by atoms with Crippen LogP contribution in [0, 0.1) is 0 Å². The summed E-state index contributed by atoms with van der Waals surface area (Å²) in [6.45, 7) is 3.12. The molecule has 15 heavy (non-hydrogen) atoms. The summed E-state index contributed by atoms with van der Waals surface area (Å²) in [5, 5.41) is 4.39. The lowest BCUT2D eigenvalue weighted by Crippen LogP contribution is -2.15. The Kier molecular flexibility index (Phi) is 3.66. The molecule has 0 saturated heterocycles. The lowest BCUT2D eigenvalue weighted by molar-refractivity contribution is 0.687. The normalized spacial score (nSPS) is 15.6. The number of halogens is 1. The van der Waals surface area contributed by atoms with Crippen molar-refractivity contribution in [2.24, 2.45) is 0 Å². The third-order valence-corrected chi connectivity index (χ3v) is 3.18. The summed E-state index contributed by atoms with van der Waals surface area (Å²) < 4.78 is 0. The van der Waals surface area contributed by atoms with Gasteiger partial charge in [-0.3, -0.25) is 0 Å². The molecule has 2 heteroatoms. The molecule has 2 rings (SSSR count). The van der Waals surface area contributed by atoms with Crippen LogP contribution in [0.25, 0.3) is 0 Å². The van der Waals surface area contributed by atoms with Crippen LogP contribution in [0.5, 0.6) is 0 Å². The van der Waals surface area contributed by atoms with Crippen LogP contribution < -0.4 is 5.32 Å². The minimum Gasteiger partial charge on any atom is -0.310 e. The Morgan fingerprint density at radius 3 is 2.87 bits per heavy atom. The third kappa shape index (κ3) is 3.22. The first kappa shape index (κ1) is 11.0. The van der Waals surface area contributed by atoms with Gasteiger partial charge in [0.2, 0.25) is 0 Å². The standard InChI is InChI=1S/C13H18ClN/c1-2-3-10-4-7-13(14)11(8-10)9-15-12-5-6-12/h4,7-8,12,15H,2-3,5-6,9H2,1H3. The molecule has 0 aromatic heterocycles. The minimum atomic E-state index is 0.746. The van der Waals surface area contributed by atoms with Gasteiger partial charge < -0.3 is 5.32 Å². The molecule has 0 aliphatic heterocycles. The van der Waals surface area contributed by atoms with E-state index in [0.29, 0.717) is 0 Å². The third-order valence-electron chi connectivity index (χ3n) is 2.81. The molecule has 1 aliphatic carbocycles. The molecule has 0 amide bonds. The molecule has 0 bridgehead atoms. The van der Waals surface area contributed by atoms with E-state index in [2.05, 4.69) is 24.4 Å². The van der Waals surface area contributed by atoms with Gasteiger partial charge in [0, 0.05) is 17.6 Å². The van der Waals surface area contributed by atoms with Crippen LogP contribution in [0.2, 0.25) is 5.02 Å². The molecular weight excluding hydrogens is 206 g/mol. The average molecular weight is 224 g/mol. The SMILES string of the molecule is CCCc1ccc(Cl)c(CNC2CC2)c1. The number of hydrogen-bond acceptors (Lipinski definition) is 1. The second-order valence-electron chi connectivity index (χ2n) is 4.33. The van der Waals surface area contributed by atoms with Crippen molar-refractivity contribution in [2.75, 3.05) is 0 Å². The minimum absolute atomic E-state index is 0.746. The molecule has 0 radical (unpaired) electrons. The van der Waals surface area contributed by atoms with Crippen molar-refractivity contribution < 1.29 is 0 Å². The average Bonchev–Trinajstić information content (AvgIpc) is 3.03. The Bertz CT molecular complexity index is 331. The molecule has 0 unspecified atom stereocenters. The van der Waals surface area contributed by atoms with Crippen LogP contribution in [0.1, 0.15) is 37.3 Å². The zero-order valence-electron chi connectivity index (χ0n) is 9.22. The highest BCUT2D eigenvalue weighted by Crippen LogP contribution is 2.22. The Hall–Kier alpha value is -0.530. The first-order chi connectivity index (χ1) is 7.29. The lowest BCUT2D eigenvalue weighted by Gasteiger charge is -2.08. The summed E-state index contributed by atoms with van der Waals surface area (Å²) in [4.78, 5) is 0. The Morgan fingerprint density at radius 1 is 1.40 bits per heavy atom. The monoisotopic (exact) mass is 223 g/mol. The summed E-state index contributed by atoms with van der Waals surface area (Å²) in [5.74, 6) is 0. The number of hydrogen-bond donors (Lipinski definition) is 1. The lowest BCUT2D eigenvalue weighted by atomic mass is 10.1. The first-order valence-electron chi connectivity index (χ1n) is 5.80. The van der Waals surface area contributed by atoms with Gasteiger partial charge in [0.05, 0.1) is 0 Å². The van der Waals surface area contributed by atoms with Crippen LogP contribution >= 0.6 is 11.6 Å². The molecule has 1 aliphatic rings. The first-order valence-corrected chi connectivity index (χ1v) is 6.18. The van der Waals surface area contributed by atoms with Crippen LogP contribution in [-0.4, -0.2) is 6.04 Å². The highest BCUT2D eigenvalue weighted by molar-refractivity contribution is 6.31. The van der Waals surface area contributed by atoms with Crippen molar-refractivity contribution in [2.45, 2.75) is 45.2 Å². The van der Waals surface area contributed by atoms with Crippen molar-refractivity contribution >= 4 is 11.6 Å². The topological polar surface area (TPSA) is 12.0 Å². The van der Waals surface area contributed by atoms with E-state index in [-0.39, 0.29) is 0 Å². The van der Waals surface area contributed by atoms with Crippen LogP contribution in [0.4, 0.5) is 0 Å². The molecular formula is C13H18ClN. The second kappa shape index (κ2) is 5.00. The molecule has 0 heterocycles. The molecule has 82 valence electrons. The summed E-state index contributed by atoms with van der Waals surface area (Å²) in [6, 6.07) is 7.14. The highest BCUT2D eigenvalue weighted by Gasteiger charge is 2.20. The summed E-state index contributed by atoms with van der Waals surface area (Å²) in [7, 11) is 0. The number of aryl methyl sites for hydroxylation is 1. The number of benzene rings is 1. The van der Waals surface area contributed by atoms with Crippen molar-refractivity contribution in [3.63, 3.8) is 0 Å². The van der Waals surface area contributed by atoms with E-state index in [1.54, 1.807) is 0 Å². The molecule has 1 aromatic rings. The van der Waals surface area contributed by atoms with Crippen molar-refractivity contribution in [3.05, 3.63) is 34.3 Å². The molecule has 1 N–H and O–H groups in total. The van der Waals surface area contributed by atoms with E-state index in [9.17, 15) is 0 Å². The predicted octanol–water partition coefficient (Wildman–Crippen LogP) is 3.54. The fraction of sp³-hybridized carbons (Fsp3) is 0.538. The van der Waals surface area contributed by atoms with Gasteiger partial charge in [-0.05, 0) is 36.5 Å². The van der Waals surface area contributed by atoms with E-state index in [1.165, 1.54) is 30.4 Å². The fourth-order valence-electron chi connectivity index (χ4n) is 1.75. The highest BCUT2D eigenvalue weighted by atomic mass is 35.5. The summed E-state index contributed by atoms with van der Waals surface area (Å²) >= 11 is 6.16. The van der Waals surface area contributed by atoms with Crippen molar-refractivity contribution in [1.29, 1.82) is 0 Å². The Balaban J connectivity index is 2.01. The maximum Gasteiger partial charge on any atom is 0.0451 e. The Morgan fingerprint density at radius 2 is 2.20 bits per heavy atom. The van der Waals surface area contributed by atoms with Crippen molar-refractivity contribution in [1.82, 2.24) is 5.32 Å². The maximum absolute atomic E-state index is 6.16. The molecule has 1 aromatic carbocycles. The zero-order valence-corrected chi connectivity index (χ0v) is 9.98. The smallest absolute Gasteiger partial charge is 0.0451 e. The summed E-state index contributed by atoms with van der Waals surface area (Å²) in [6.07, 6.45) is 4.99. The van der Waals surface area contributed by atoms with Gasteiger partial charge in [-0.25, -0.2) is 0 Å². The number of nitrogens with one attached hydrogen (secondary N) is 1. The Labute approximate surface area is 96.8 Å². The van der Waals surface area contributed by atoms with Crippen LogP contribution in [0.15, 0.2) is 18.2 Å². The molecule has 0 atom stereocenters. The van der Waals surface area contributed by atoms with Gasteiger partial charge in [0.25, 0.3) is 0 Å². The fourth-order valence-corrected chi connectivity index (χ4v) is 1.93. The van der Waals surface area contributed by atoms with E-state index < -0.39 is 0 Å². The summed E-state index contributed by atoms with van der Waals surface area (Å²) in [5.41, 5.74) is 2.64. The largest absolute Gasteiger partial charge is 0.310 e. The maximum atomic E-state index is 6.16. The molecule has 1 fully saturated rings.